The maximum Gasteiger partial charge on any atom is 0.426 e. The largest absolute Gasteiger partial charge is 0.464 e. The normalized spacial score (nSPS) is 31.1. The van der Waals surface area contributed by atoms with Crippen LogP contribution >= 0.6 is 0 Å². The lowest BCUT2D eigenvalue weighted by molar-refractivity contribution is -0.0192. The molecule has 1 saturated heterocycles. The number of hydrogen-bond acceptors (Lipinski definition) is 2. The smallest absolute Gasteiger partial charge is 0.426 e. The molecule has 6 nitrogen and oxygen atoms in total. The van der Waals surface area contributed by atoms with Crippen molar-refractivity contribution in [2.75, 3.05) is 0 Å². The maximum absolute atomic E-state index is 10.7. The molecule has 72 valence electrons. The van der Waals surface area contributed by atoms with Crippen LogP contribution in [0.4, 0.5) is 9.59 Å². The van der Waals surface area contributed by atoms with E-state index in [9.17, 15) is 9.59 Å². The molecule has 2 bridgehead atoms. The van der Waals surface area contributed by atoms with E-state index in [0.29, 0.717) is 6.42 Å². The molecule has 2 rings (SSSR count). The molecule has 13 heavy (non-hydrogen) atoms. The first kappa shape index (κ1) is 8.15. The van der Waals surface area contributed by atoms with E-state index in [1.165, 1.54) is 0 Å². The highest BCUT2D eigenvalue weighted by Gasteiger charge is 2.49. The van der Waals surface area contributed by atoms with E-state index in [1.54, 1.807) is 0 Å². The fourth-order valence-electron chi connectivity index (χ4n) is 2.23. The molecule has 1 aliphatic heterocycles. The van der Waals surface area contributed by atoms with Crippen molar-refractivity contribution in [1.82, 2.24) is 10.0 Å². The molecule has 0 aromatic carbocycles. The van der Waals surface area contributed by atoms with Crippen molar-refractivity contribution in [2.24, 2.45) is 0 Å². The average molecular weight is 186 g/mol. The Balaban J connectivity index is 2.24. The third-order valence-corrected chi connectivity index (χ3v) is 2.69. The van der Waals surface area contributed by atoms with Crippen LogP contribution in [0.25, 0.3) is 0 Å². The van der Waals surface area contributed by atoms with Crippen molar-refractivity contribution < 1.29 is 19.8 Å². The van der Waals surface area contributed by atoms with Gasteiger partial charge in [0, 0.05) is 0 Å². The highest BCUT2D eigenvalue weighted by Crippen LogP contribution is 2.37. The first-order chi connectivity index (χ1) is 6.11. The van der Waals surface area contributed by atoms with Crippen LogP contribution in [0.5, 0.6) is 0 Å². The topological polar surface area (TPSA) is 81.1 Å². The summed E-state index contributed by atoms with van der Waals surface area (Å²) in [6.07, 6.45) is -0.135. The van der Waals surface area contributed by atoms with Gasteiger partial charge in [-0.3, -0.25) is 0 Å². The Bertz CT molecular complexity index is 241. The summed E-state index contributed by atoms with van der Waals surface area (Å²) in [6, 6.07) is -0.253. The maximum atomic E-state index is 10.7. The molecular weight excluding hydrogens is 176 g/mol. The zero-order valence-electron chi connectivity index (χ0n) is 6.88. The third-order valence-electron chi connectivity index (χ3n) is 2.69. The second-order valence-corrected chi connectivity index (χ2v) is 3.37. The van der Waals surface area contributed by atoms with Gasteiger partial charge in [-0.1, -0.05) is 0 Å². The van der Waals surface area contributed by atoms with E-state index in [1.807, 2.05) is 0 Å². The molecule has 2 N–H and O–H groups in total. The first-order valence-corrected chi connectivity index (χ1v) is 4.15. The SMILES string of the molecule is O=C(O)N1C2CCC(C2)N1C(=O)O. The van der Waals surface area contributed by atoms with Gasteiger partial charge in [0.2, 0.25) is 0 Å². The molecule has 2 fully saturated rings. The molecule has 2 atom stereocenters. The lowest BCUT2D eigenvalue weighted by Crippen LogP contribution is -2.52. The van der Waals surface area contributed by atoms with Gasteiger partial charge in [0.15, 0.2) is 0 Å². The van der Waals surface area contributed by atoms with Crippen molar-refractivity contribution in [1.29, 1.82) is 0 Å². The Hall–Kier alpha value is -1.46. The van der Waals surface area contributed by atoms with Gasteiger partial charge in [-0.25, -0.2) is 19.6 Å². The summed E-state index contributed by atoms with van der Waals surface area (Å²) >= 11 is 0. The zero-order chi connectivity index (χ0) is 9.59. The van der Waals surface area contributed by atoms with E-state index < -0.39 is 12.2 Å². The Morgan fingerprint density at radius 2 is 1.38 bits per heavy atom. The number of amides is 2. The van der Waals surface area contributed by atoms with E-state index in [-0.39, 0.29) is 12.1 Å². The number of fused-ring (bicyclic) bond motifs is 2. The molecule has 2 aliphatic rings. The van der Waals surface area contributed by atoms with Crippen molar-refractivity contribution in [3.8, 4) is 0 Å². The predicted molar refractivity (Wildman–Crippen MR) is 41.2 cm³/mol. The van der Waals surface area contributed by atoms with Crippen molar-refractivity contribution in [2.45, 2.75) is 31.3 Å². The quantitative estimate of drug-likeness (QED) is 0.586. The van der Waals surface area contributed by atoms with E-state index >= 15 is 0 Å². The average Bonchev–Trinajstić information content (AvgIpc) is 2.60. The molecule has 0 aromatic heterocycles. The number of hydrogen-bond donors (Lipinski definition) is 2. The molecule has 1 aliphatic carbocycles. The Morgan fingerprint density at radius 1 is 1.00 bits per heavy atom. The third kappa shape index (κ3) is 1.01. The van der Waals surface area contributed by atoms with Crippen LogP contribution in [0.1, 0.15) is 19.3 Å². The summed E-state index contributed by atoms with van der Waals surface area (Å²) in [5.41, 5.74) is 0. The number of rotatable bonds is 0. The van der Waals surface area contributed by atoms with Crippen molar-refractivity contribution >= 4 is 12.2 Å². The molecule has 6 heteroatoms. The molecule has 1 heterocycles. The van der Waals surface area contributed by atoms with Gasteiger partial charge >= 0.3 is 12.2 Å². The summed E-state index contributed by atoms with van der Waals surface area (Å²) in [4.78, 5) is 21.5. The summed E-state index contributed by atoms with van der Waals surface area (Å²) in [5, 5.41) is 19.4. The van der Waals surface area contributed by atoms with Crippen LogP contribution < -0.4 is 0 Å². The van der Waals surface area contributed by atoms with Gasteiger partial charge in [-0.05, 0) is 19.3 Å². The predicted octanol–water partition coefficient (Wildman–Crippen LogP) is 0.796. The van der Waals surface area contributed by atoms with E-state index in [0.717, 1.165) is 22.9 Å². The van der Waals surface area contributed by atoms with Crippen LogP contribution in [0.3, 0.4) is 0 Å². The molecule has 0 radical (unpaired) electrons. The molecular formula is C7H10N2O4. The van der Waals surface area contributed by atoms with Gasteiger partial charge < -0.3 is 10.2 Å². The summed E-state index contributed by atoms with van der Waals surface area (Å²) in [6.45, 7) is 0. The summed E-state index contributed by atoms with van der Waals surface area (Å²) < 4.78 is 0. The van der Waals surface area contributed by atoms with Crippen LogP contribution in [-0.4, -0.2) is 44.5 Å². The number of carbonyl (C=O) groups is 2. The number of carboxylic acid groups (broad SMARTS) is 2. The van der Waals surface area contributed by atoms with Crippen LogP contribution in [0, 0.1) is 0 Å². The Morgan fingerprint density at radius 3 is 1.69 bits per heavy atom. The fourth-order valence-corrected chi connectivity index (χ4v) is 2.23. The molecule has 2 unspecified atom stereocenters. The highest BCUT2D eigenvalue weighted by molar-refractivity contribution is 5.73. The number of hydrazine groups is 1. The monoisotopic (exact) mass is 186 g/mol. The summed E-state index contributed by atoms with van der Waals surface area (Å²) in [7, 11) is 0. The minimum Gasteiger partial charge on any atom is -0.464 e. The summed E-state index contributed by atoms with van der Waals surface area (Å²) in [5.74, 6) is 0. The van der Waals surface area contributed by atoms with Crippen LogP contribution in [0.2, 0.25) is 0 Å². The highest BCUT2D eigenvalue weighted by atomic mass is 16.4. The minimum absolute atomic E-state index is 0.126. The number of nitrogens with zero attached hydrogens (tertiary/aromatic N) is 2. The van der Waals surface area contributed by atoms with Crippen molar-refractivity contribution in [3.63, 3.8) is 0 Å². The lowest BCUT2D eigenvalue weighted by Gasteiger charge is -2.33. The zero-order valence-corrected chi connectivity index (χ0v) is 6.88. The standard InChI is InChI=1S/C7H10N2O4/c10-6(11)8-4-1-2-5(3-4)9(8)7(12)13/h4-5H,1-3H2,(H,10,11)(H,12,13). The van der Waals surface area contributed by atoms with Crippen molar-refractivity contribution in [3.05, 3.63) is 0 Å². The Labute approximate surface area is 74.3 Å². The first-order valence-electron chi connectivity index (χ1n) is 4.15. The molecule has 0 aromatic rings. The van der Waals surface area contributed by atoms with Gasteiger partial charge in [-0.15, -0.1) is 0 Å². The van der Waals surface area contributed by atoms with Crippen LogP contribution in [0.15, 0.2) is 0 Å². The molecule has 1 saturated carbocycles. The minimum atomic E-state index is -1.17. The van der Waals surface area contributed by atoms with E-state index in [2.05, 4.69) is 0 Å². The van der Waals surface area contributed by atoms with Gasteiger partial charge in [-0.2, -0.15) is 0 Å². The fraction of sp³-hybridized carbons (Fsp3) is 0.714. The second-order valence-electron chi connectivity index (χ2n) is 3.37. The Kier molecular flexibility index (Phi) is 1.58. The molecule has 0 spiro atoms. The van der Waals surface area contributed by atoms with Gasteiger partial charge in [0.25, 0.3) is 0 Å². The second kappa shape index (κ2) is 2.51. The van der Waals surface area contributed by atoms with Crippen LogP contribution in [-0.2, 0) is 0 Å². The molecule has 2 amide bonds. The van der Waals surface area contributed by atoms with Gasteiger partial charge in [0.1, 0.15) is 0 Å². The van der Waals surface area contributed by atoms with Gasteiger partial charge in [0.05, 0.1) is 12.1 Å². The van der Waals surface area contributed by atoms with E-state index in [4.69, 9.17) is 10.2 Å². The lowest BCUT2D eigenvalue weighted by atomic mass is 10.2.